The van der Waals surface area contributed by atoms with Crippen molar-refractivity contribution in [3.8, 4) is 0 Å². The average Bonchev–Trinajstić information content (AvgIpc) is 2.58. The molecule has 7 nitrogen and oxygen atoms in total. The summed E-state index contributed by atoms with van der Waals surface area (Å²) in [5.41, 5.74) is 5.24. The summed E-state index contributed by atoms with van der Waals surface area (Å²) in [4.78, 5) is 4.02. The van der Waals surface area contributed by atoms with E-state index in [2.05, 4.69) is 20.6 Å². The molecule has 0 aliphatic heterocycles. The molecule has 4 N–H and O–H groups in total. The lowest BCUT2D eigenvalue weighted by molar-refractivity contribution is 0.317. The highest BCUT2D eigenvalue weighted by Gasteiger charge is 2.01. The SMILES string of the molecule is Cc1noc(CCNCC(N)=NO)n1. The molecule has 0 saturated heterocycles. The fourth-order valence-electron chi connectivity index (χ4n) is 0.889. The summed E-state index contributed by atoms with van der Waals surface area (Å²) in [6.45, 7) is 2.73. The highest BCUT2D eigenvalue weighted by Crippen LogP contribution is 1.95. The van der Waals surface area contributed by atoms with E-state index in [0.29, 0.717) is 31.2 Å². The Bertz CT molecular complexity index is 309. The molecule has 0 saturated carbocycles. The van der Waals surface area contributed by atoms with Crippen molar-refractivity contribution in [1.29, 1.82) is 0 Å². The van der Waals surface area contributed by atoms with Gasteiger partial charge in [0.25, 0.3) is 0 Å². The van der Waals surface area contributed by atoms with Crippen LogP contribution in [-0.4, -0.2) is 34.3 Å². The predicted molar refractivity (Wildman–Crippen MR) is 49.0 cm³/mol. The van der Waals surface area contributed by atoms with Gasteiger partial charge in [0, 0.05) is 13.0 Å². The normalized spacial score (nSPS) is 11.9. The molecule has 1 heterocycles. The lowest BCUT2D eigenvalue weighted by Crippen LogP contribution is -2.30. The van der Waals surface area contributed by atoms with Crippen LogP contribution in [0.25, 0.3) is 0 Å². The van der Waals surface area contributed by atoms with Crippen LogP contribution in [0.1, 0.15) is 11.7 Å². The van der Waals surface area contributed by atoms with E-state index in [1.807, 2.05) is 0 Å². The highest BCUT2D eigenvalue weighted by molar-refractivity contribution is 5.81. The van der Waals surface area contributed by atoms with Gasteiger partial charge in [-0.15, -0.1) is 0 Å². The smallest absolute Gasteiger partial charge is 0.227 e. The number of oxime groups is 1. The molecular formula is C7H13N5O2. The molecule has 0 bridgehead atoms. The Balaban J connectivity index is 2.16. The fraction of sp³-hybridized carbons (Fsp3) is 0.571. The van der Waals surface area contributed by atoms with Crippen molar-refractivity contribution >= 4 is 5.84 Å². The number of hydrogen-bond acceptors (Lipinski definition) is 6. The zero-order valence-corrected chi connectivity index (χ0v) is 7.90. The molecule has 1 aromatic heterocycles. The Kier molecular flexibility index (Phi) is 3.86. The highest BCUT2D eigenvalue weighted by atomic mass is 16.5. The van der Waals surface area contributed by atoms with Gasteiger partial charge in [-0.05, 0) is 6.92 Å². The molecule has 7 heteroatoms. The number of hydrogen-bond donors (Lipinski definition) is 3. The van der Waals surface area contributed by atoms with Gasteiger partial charge in [-0.25, -0.2) is 0 Å². The topological polar surface area (TPSA) is 110 Å². The first kappa shape index (κ1) is 10.5. The lowest BCUT2D eigenvalue weighted by Gasteiger charge is -1.99. The summed E-state index contributed by atoms with van der Waals surface area (Å²) in [6.07, 6.45) is 0.625. The van der Waals surface area contributed by atoms with Gasteiger partial charge in [0.15, 0.2) is 11.7 Å². The Morgan fingerprint density at radius 1 is 1.71 bits per heavy atom. The average molecular weight is 199 g/mol. The fourth-order valence-corrected chi connectivity index (χ4v) is 0.889. The Morgan fingerprint density at radius 3 is 3.07 bits per heavy atom. The number of rotatable bonds is 5. The largest absolute Gasteiger partial charge is 0.409 e. The molecule has 14 heavy (non-hydrogen) atoms. The van der Waals surface area contributed by atoms with Crippen molar-refractivity contribution < 1.29 is 9.73 Å². The molecule has 0 aliphatic rings. The summed E-state index contributed by atoms with van der Waals surface area (Å²) < 4.78 is 4.89. The number of nitrogens with one attached hydrogen (secondary N) is 1. The molecule has 0 amide bonds. The zero-order valence-electron chi connectivity index (χ0n) is 7.90. The maximum atomic E-state index is 8.24. The number of nitrogens with two attached hydrogens (primary N) is 1. The van der Waals surface area contributed by atoms with Crippen molar-refractivity contribution in [2.75, 3.05) is 13.1 Å². The first-order chi connectivity index (χ1) is 6.72. The van der Waals surface area contributed by atoms with E-state index >= 15 is 0 Å². The summed E-state index contributed by atoms with van der Waals surface area (Å²) >= 11 is 0. The molecule has 0 spiro atoms. The van der Waals surface area contributed by atoms with Gasteiger partial charge in [-0.3, -0.25) is 0 Å². The maximum absolute atomic E-state index is 8.24. The minimum atomic E-state index is 0.145. The predicted octanol–water partition coefficient (Wildman–Crippen LogP) is -0.743. The van der Waals surface area contributed by atoms with Crippen LogP contribution in [0.4, 0.5) is 0 Å². The number of amidine groups is 1. The van der Waals surface area contributed by atoms with E-state index in [0.717, 1.165) is 0 Å². The van der Waals surface area contributed by atoms with Gasteiger partial charge < -0.3 is 20.8 Å². The van der Waals surface area contributed by atoms with Gasteiger partial charge >= 0.3 is 0 Å². The molecule has 0 unspecified atom stereocenters. The molecule has 0 radical (unpaired) electrons. The van der Waals surface area contributed by atoms with E-state index in [1.54, 1.807) is 6.92 Å². The minimum Gasteiger partial charge on any atom is -0.409 e. The zero-order chi connectivity index (χ0) is 10.4. The van der Waals surface area contributed by atoms with Gasteiger partial charge in [0.05, 0.1) is 6.54 Å². The third-order valence-electron chi connectivity index (χ3n) is 1.52. The lowest BCUT2D eigenvalue weighted by atomic mass is 10.4. The first-order valence-electron chi connectivity index (χ1n) is 4.18. The second-order valence-electron chi connectivity index (χ2n) is 2.75. The standard InChI is InChI=1S/C7H13N5O2/c1-5-10-7(14-12-5)2-3-9-4-6(8)11-13/h9,13H,2-4H2,1H3,(H2,8,11). The monoisotopic (exact) mass is 199 g/mol. The van der Waals surface area contributed by atoms with Gasteiger partial charge in [0.1, 0.15) is 0 Å². The van der Waals surface area contributed by atoms with Crippen LogP contribution in [-0.2, 0) is 6.42 Å². The van der Waals surface area contributed by atoms with Crippen molar-refractivity contribution in [3.63, 3.8) is 0 Å². The maximum Gasteiger partial charge on any atom is 0.227 e. The second-order valence-corrected chi connectivity index (χ2v) is 2.75. The molecule has 1 aromatic rings. The summed E-state index contributed by atoms with van der Waals surface area (Å²) in [5.74, 6) is 1.35. The third-order valence-corrected chi connectivity index (χ3v) is 1.52. The quantitative estimate of drug-likeness (QED) is 0.189. The van der Waals surface area contributed by atoms with E-state index in [-0.39, 0.29) is 5.84 Å². The number of aromatic nitrogens is 2. The van der Waals surface area contributed by atoms with Crippen molar-refractivity contribution in [2.45, 2.75) is 13.3 Å². The van der Waals surface area contributed by atoms with E-state index in [9.17, 15) is 0 Å². The third kappa shape index (κ3) is 3.40. The summed E-state index contributed by atoms with van der Waals surface area (Å²) in [6, 6.07) is 0. The van der Waals surface area contributed by atoms with Crippen molar-refractivity contribution in [2.24, 2.45) is 10.9 Å². The summed E-state index contributed by atoms with van der Waals surface area (Å²) in [5, 5.41) is 17.6. The van der Waals surface area contributed by atoms with Crippen LogP contribution in [0.5, 0.6) is 0 Å². The Labute approximate surface area is 81.0 Å². The van der Waals surface area contributed by atoms with E-state index in [1.165, 1.54) is 0 Å². The molecule has 0 atom stereocenters. The summed E-state index contributed by atoms with van der Waals surface area (Å²) in [7, 11) is 0. The first-order valence-corrected chi connectivity index (χ1v) is 4.18. The molecule has 1 rings (SSSR count). The van der Waals surface area contributed by atoms with E-state index in [4.69, 9.17) is 15.5 Å². The Hall–Kier alpha value is -1.63. The van der Waals surface area contributed by atoms with Crippen LogP contribution in [0, 0.1) is 6.92 Å². The van der Waals surface area contributed by atoms with Crippen LogP contribution >= 0.6 is 0 Å². The number of aryl methyl sites for hydroxylation is 1. The minimum absolute atomic E-state index is 0.145. The van der Waals surface area contributed by atoms with Gasteiger partial charge in [-0.2, -0.15) is 4.98 Å². The number of nitrogens with zero attached hydrogens (tertiary/aromatic N) is 3. The Morgan fingerprint density at radius 2 is 2.50 bits per heavy atom. The van der Waals surface area contributed by atoms with E-state index < -0.39 is 0 Å². The molecule has 0 fully saturated rings. The molecule has 0 aromatic carbocycles. The van der Waals surface area contributed by atoms with Crippen LogP contribution in [0.15, 0.2) is 9.68 Å². The van der Waals surface area contributed by atoms with Crippen LogP contribution < -0.4 is 11.1 Å². The van der Waals surface area contributed by atoms with Crippen LogP contribution in [0.3, 0.4) is 0 Å². The molecular weight excluding hydrogens is 186 g/mol. The van der Waals surface area contributed by atoms with Gasteiger partial charge in [-0.1, -0.05) is 10.3 Å². The second kappa shape index (κ2) is 5.18. The molecule has 0 aliphatic carbocycles. The van der Waals surface area contributed by atoms with Gasteiger partial charge in [0.2, 0.25) is 5.89 Å². The molecule has 78 valence electrons. The van der Waals surface area contributed by atoms with Crippen molar-refractivity contribution in [1.82, 2.24) is 15.5 Å². The van der Waals surface area contributed by atoms with Crippen LogP contribution in [0.2, 0.25) is 0 Å². The van der Waals surface area contributed by atoms with Crippen molar-refractivity contribution in [3.05, 3.63) is 11.7 Å².